The van der Waals surface area contributed by atoms with Crippen molar-refractivity contribution < 1.29 is 4.79 Å². The second kappa shape index (κ2) is 7.61. The molecule has 4 heterocycles. The Kier molecular flexibility index (Phi) is 4.86. The predicted octanol–water partition coefficient (Wildman–Crippen LogP) is 2.17. The highest BCUT2D eigenvalue weighted by Crippen LogP contribution is 2.24. The number of likely N-dealkylation sites (tertiary alicyclic amines) is 1. The van der Waals surface area contributed by atoms with Gasteiger partial charge in [-0.3, -0.25) is 9.78 Å². The zero-order valence-electron chi connectivity index (χ0n) is 15.2. The number of pyridine rings is 1. The van der Waals surface area contributed by atoms with Gasteiger partial charge in [0.1, 0.15) is 11.5 Å². The van der Waals surface area contributed by atoms with Crippen LogP contribution in [0, 0.1) is 0 Å². The highest BCUT2D eigenvalue weighted by Gasteiger charge is 2.25. The SMILES string of the molecule is CCc1ncc(C(=O)N2CCC(n3cc(-c4cccnc4)nn3)CC2)cn1. The Balaban J connectivity index is 1.39. The monoisotopic (exact) mass is 363 g/mol. The van der Waals surface area contributed by atoms with Crippen molar-refractivity contribution in [3.63, 3.8) is 0 Å². The first kappa shape index (κ1) is 17.3. The van der Waals surface area contributed by atoms with Crippen LogP contribution in [0.15, 0.2) is 43.1 Å². The van der Waals surface area contributed by atoms with Crippen molar-refractivity contribution in [1.29, 1.82) is 0 Å². The summed E-state index contributed by atoms with van der Waals surface area (Å²) in [7, 11) is 0. The normalized spacial score (nSPS) is 15.1. The summed E-state index contributed by atoms with van der Waals surface area (Å²) in [6, 6.07) is 4.09. The molecular weight excluding hydrogens is 342 g/mol. The first-order chi connectivity index (χ1) is 13.2. The second-order valence-electron chi connectivity index (χ2n) is 6.59. The minimum Gasteiger partial charge on any atom is -0.338 e. The van der Waals surface area contributed by atoms with Crippen LogP contribution in [0.4, 0.5) is 0 Å². The molecule has 1 aliphatic rings. The zero-order valence-corrected chi connectivity index (χ0v) is 15.2. The van der Waals surface area contributed by atoms with E-state index < -0.39 is 0 Å². The van der Waals surface area contributed by atoms with Gasteiger partial charge in [-0.2, -0.15) is 0 Å². The molecule has 27 heavy (non-hydrogen) atoms. The van der Waals surface area contributed by atoms with Crippen LogP contribution in [-0.4, -0.2) is 53.8 Å². The molecule has 0 radical (unpaired) electrons. The average Bonchev–Trinajstić information content (AvgIpc) is 3.24. The van der Waals surface area contributed by atoms with E-state index in [4.69, 9.17) is 0 Å². The Hall–Kier alpha value is -3.16. The third-order valence-corrected chi connectivity index (χ3v) is 4.86. The van der Waals surface area contributed by atoms with E-state index >= 15 is 0 Å². The topological polar surface area (TPSA) is 89.7 Å². The lowest BCUT2D eigenvalue weighted by molar-refractivity contribution is 0.0688. The lowest BCUT2D eigenvalue weighted by atomic mass is 10.0. The van der Waals surface area contributed by atoms with E-state index in [0.29, 0.717) is 18.7 Å². The number of carbonyl (C=O) groups is 1. The number of rotatable bonds is 4. The first-order valence-electron chi connectivity index (χ1n) is 9.17. The lowest BCUT2D eigenvalue weighted by Gasteiger charge is -2.31. The molecule has 4 rings (SSSR count). The summed E-state index contributed by atoms with van der Waals surface area (Å²) < 4.78 is 1.91. The highest BCUT2D eigenvalue weighted by molar-refractivity contribution is 5.93. The molecule has 0 N–H and O–H groups in total. The Morgan fingerprint density at radius 2 is 1.96 bits per heavy atom. The molecule has 0 saturated carbocycles. The van der Waals surface area contributed by atoms with Crippen molar-refractivity contribution in [2.75, 3.05) is 13.1 Å². The number of hydrogen-bond donors (Lipinski definition) is 0. The average molecular weight is 363 g/mol. The van der Waals surface area contributed by atoms with Crippen molar-refractivity contribution in [2.45, 2.75) is 32.2 Å². The van der Waals surface area contributed by atoms with Gasteiger partial charge in [0.05, 0.1) is 17.8 Å². The number of nitrogens with zero attached hydrogens (tertiary/aromatic N) is 7. The number of aromatic nitrogens is 6. The third kappa shape index (κ3) is 3.69. The molecule has 138 valence electrons. The van der Waals surface area contributed by atoms with E-state index in [-0.39, 0.29) is 11.9 Å². The highest BCUT2D eigenvalue weighted by atomic mass is 16.2. The van der Waals surface area contributed by atoms with Crippen molar-refractivity contribution >= 4 is 5.91 Å². The molecule has 0 spiro atoms. The Labute approximate surface area is 157 Å². The fraction of sp³-hybridized carbons (Fsp3) is 0.368. The van der Waals surface area contributed by atoms with Gasteiger partial charge in [0, 0.05) is 49.9 Å². The van der Waals surface area contributed by atoms with Gasteiger partial charge in [-0.25, -0.2) is 14.6 Å². The quantitative estimate of drug-likeness (QED) is 0.706. The van der Waals surface area contributed by atoms with Crippen LogP contribution in [0.25, 0.3) is 11.3 Å². The largest absolute Gasteiger partial charge is 0.338 e. The van der Waals surface area contributed by atoms with Gasteiger partial charge in [0.2, 0.25) is 0 Å². The molecule has 0 unspecified atom stereocenters. The van der Waals surface area contributed by atoms with Crippen LogP contribution in [0.3, 0.4) is 0 Å². The number of hydrogen-bond acceptors (Lipinski definition) is 6. The smallest absolute Gasteiger partial charge is 0.256 e. The molecule has 0 aliphatic carbocycles. The summed E-state index contributed by atoms with van der Waals surface area (Å²) in [5, 5.41) is 8.53. The molecular formula is C19H21N7O. The van der Waals surface area contributed by atoms with E-state index in [1.807, 2.05) is 34.8 Å². The van der Waals surface area contributed by atoms with E-state index in [0.717, 1.165) is 36.3 Å². The van der Waals surface area contributed by atoms with Crippen molar-refractivity contribution in [1.82, 2.24) is 34.8 Å². The van der Waals surface area contributed by atoms with Crippen molar-refractivity contribution in [2.24, 2.45) is 0 Å². The summed E-state index contributed by atoms with van der Waals surface area (Å²) in [5.41, 5.74) is 2.31. The maximum absolute atomic E-state index is 12.6. The molecule has 1 amide bonds. The van der Waals surface area contributed by atoms with Gasteiger partial charge in [0.25, 0.3) is 5.91 Å². The molecule has 1 fully saturated rings. The van der Waals surface area contributed by atoms with E-state index in [1.165, 1.54) is 0 Å². The van der Waals surface area contributed by atoms with Crippen molar-refractivity contribution in [3.8, 4) is 11.3 Å². The van der Waals surface area contributed by atoms with Crippen LogP contribution >= 0.6 is 0 Å². The van der Waals surface area contributed by atoms with E-state index in [9.17, 15) is 4.79 Å². The van der Waals surface area contributed by atoms with Crippen LogP contribution in [0.2, 0.25) is 0 Å². The van der Waals surface area contributed by atoms with Crippen molar-refractivity contribution in [3.05, 3.63) is 54.5 Å². The predicted molar refractivity (Wildman–Crippen MR) is 98.8 cm³/mol. The van der Waals surface area contributed by atoms with Crippen LogP contribution in [0.5, 0.6) is 0 Å². The Morgan fingerprint density at radius 3 is 2.63 bits per heavy atom. The molecule has 0 atom stereocenters. The molecule has 8 heteroatoms. The lowest BCUT2D eigenvalue weighted by Crippen LogP contribution is -2.39. The molecule has 8 nitrogen and oxygen atoms in total. The van der Waals surface area contributed by atoms with Gasteiger partial charge >= 0.3 is 0 Å². The number of carbonyl (C=O) groups excluding carboxylic acids is 1. The maximum Gasteiger partial charge on any atom is 0.256 e. The summed E-state index contributed by atoms with van der Waals surface area (Å²) in [4.78, 5) is 27.1. The third-order valence-electron chi connectivity index (χ3n) is 4.86. The van der Waals surface area contributed by atoms with Gasteiger partial charge in [-0.05, 0) is 25.0 Å². The van der Waals surface area contributed by atoms with Gasteiger partial charge in [-0.1, -0.05) is 12.1 Å². The fourth-order valence-electron chi connectivity index (χ4n) is 3.27. The molecule has 1 saturated heterocycles. The van der Waals surface area contributed by atoms with E-state index in [1.54, 1.807) is 24.8 Å². The molecule has 0 aromatic carbocycles. The van der Waals surface area contributed by atoms with Gasteiger partial charge < -0.3 is 4.90 Å². The molecule has 3 aromatic rings. The van der Waals surface area contributed by atoms with Gasteiger partial charge in [-0.15, -0.1) is 5.10 Å². The maximum atomic E-state index is 12.6. The Morgan fingerprint density at radius 1 is 1.19 bits per heavy atom. The number of piperidine rings is 1. The minimum absolute atomic E-state index is 0.00857. The van der Waals surface area contributed by atoms with Crippen LogP contribution in [-0.2, 0) is 6.42 Å². The summed E-state index contributed by atoms with van der Waals surface area (Å²) in [5.74, 6) is 0.742. The summed E-state index contributed by atoms with van der Waals surface area (Å²) >= 11 is 0. The standard InChI is InChI=1S/C19H21N7O/c1-2-18-21-11-15(12-22-18)19(27)25-8-5-16(6-9-25)26-13-17(23-24-26)14-4-3-7-20-10-14/h3-4,7,10-13,16H,2,5-6,8-9H2,1H3. The van der Waals surface area contributed by atoms with Crippen LogP contribution in [0.1, 0.15) is 42.0 Å². The number of amides is 1. The summed E-state index contributed by atoms with van der Waals surface area (Å²) in [6.07, 6.45) is 11.2. The second-order valence-corrected chi connectivity index (χ2v) is 6.59. The molecule has 0 bridgehead atoms. The number of aryl methyl sites for hydroxylation is 1. The van der Waals surface area contributed by atoms with Gasteiger partial charge in [0.15, 0.2) is 0 Å². The fourth-order valence-corrected chi connectivity index (χ4v) is 3.27. The van der Waals surface area contributed by atoms with E-state index in [2.05, 4.69) is 25.3 Å². The first-order valence-corrected chi connectivity index (χ1v) is 9.17. The molecule has 1 aliphatic heterocycles. The summed E-state index contributed by atoms with van der Waals surface area (Å²) in [6.45, 7) is 3.35. The van der Waals surface area contributed by atoms with Crippen LogP contribution < -0.4 is 0 Å². The zero-order chi connectivity index (χ0) is 18.6. The Bertz CT molecular complexity index is 899. The molecule has 3 aromatic heterocycles. The minimum atomic E-state index is -0.00857.